The fourth-order valence-electron chi connectivity index (χ4n) is 2.07. The van der Waals surface area contributed by atoms with Crippen LogP contribution in [0.5, 0.6) is 0 Å². The number of aryl methyl sites for hydroxylation is 2. The highest BCUT2D eigenvalue weighted by molar-refractivity contribution is 7.79. The lowest BCUT2D eigenvalue weighted by Gasteiger charge is -2.20. The van der Waals surface area contributed by atoms with E-state index in [1.165, 1.54) is 22.1 Å². The molecule has 1 aromatic carbocycles. The zero-order chi connectivity index (χ0) is 13.5. The fourth-order valence-corrected chi connectivity index (χ4v) is 2.33. The summed E-state index contributed by atoms with van der Waals surface area (Å²) in [5, 5.41) is 1.24. The summed E-state index contributed by atoms with van der Waals surface area (Å²) in [6.07, 6.45) is 0. The van der Waals surface area contributed by atoms with Gasteiger partial charge in [0.25, 0.3) is 0 Å². The van der Waals surface area contributed by atoms with Crippen LogP contribution in [0.15, 0.2) is 18.2 Å². The van der Waals surface area contributed by atoms with E-state index >= 15 is 0 Å². The number of pyridine rings is 1. The van der Waals surface area contributed by atoms with Crippen LogP contribution in [0.25, 0.3) is 10.9 Å². The predicted molar refractivity (Wildman–Crippen MR) is 82.6 cm³/mol. The maximum absolute atomic E-state index is 4.82. The molecule has 2 rings (SSSR count). The molecule has 0 aliphatic rings. The van der Waals surface area contributed by atoms with E-state index in [4.69, 9.17) is 4.98 Å². The summed E-state index contributed by atoms with van der Waals surface area (Å²) < 4.78 is 0. The van der Waals surface area contributed by atoms with Crippen LogP contribution >= 0.6 is 12.6 Å². The van der Waals surface area contributed by atoms with Crippen LogP contribution in [0.3, 0.4) is 0 Å². The number of benzene rings is 1. The third-order valence-corrected chi connectivity index (χ3v) is 3.79. The minimum Gasteiger partial charge on any atom is -0.252 e. The Morgan fingerprint density at radius 3 is 2.22 bits per heavy atom. The number of aromatic nitrogens is 1. The summed E-state index contributed by atoms with van der Waals surface area (Å²) in [6.45, 7) is 10.9. The Hall–Kier alpha value is -1.02. The third-order valence-electron chi connectivity index (χ3n) is 3.45. The first kappa shape index (κ1) is 13.4. The lowest BCUT2D eigenvalue weighted by atomic mass is 9.89. The fraction of sp³-hybridized carbons (Fsp3) is 0.438. The van der Waals surface area contributed by atoms with Crippen LogP contribution in [0, 0.1) is 13.8 Å². The maximum atomic E-state index is 4.82. The Bertz CT molecular complexity index is 594. The van der Waals surface area contributed by atoms with Gasteiger partial charge in [-0.25, -0.2) is 0 Å². The van der Waals surface area contributed by atoms with Crippen molar-refractivity contribution in [3.05, 3.63) is 40.6 Å². The molecule has 0 unspecified atom stereocenters. The Kier molecular flexibility index (Phi) is 3.41. The molecule has 0 amide bonds. The highest BCUT2D eigenvalue weighted by Crippen LogP contribution is 2.28. The quantitative estimate of drug-likeness (QED) is 0.740. The van der Waals surface area contributed by atoms with Gasteiger partial charge < -0.3 is 0 Å². The van der Waals surface area contributed by atoms with Gasteiger partial charge >= 0.3 is 0 Å². The van der Waals surface area contributed by atoms with E-state index in [-0.39, 0.29) is 5.41 Å². The highest BCUT2D eigenvalue weighted by Gasteiger charge is 2.17. The van der Waals surface area contributed by atoms with E-state index in [0.29, 0.717) is 0 Å². The van der Waals surface area contributed by atoms with Gasteiger partial charge in [-0.15, -0.1) is 0 Å². The van der Waals surface area contributed by atoms with Gasteiger partial charge in [-0.3, -0.25) is 4.98 Å². The van der Waals surface area contributed by atoms with Crippen molar-refractivity contribution in [3.63, 3.8) is 0 Å². The van der Waals surface area contributed by atoms with Gasteiger partial charge in [-0.2, -0.15) is 12.6 Å². The molecule has 1 heterocycles. The zero-order valence-electron chi connectivity index (χ0n) is 11.8. The van der Waals surface area contributed by atoms with E-state index in [1.54, 1.807) is 0 Å². The number of fused-ring (bicyclic) bond motifs is 1. The molecule has 0 atom stereocenters. The van der Waals surface area contributed by atoms with Crippen LogP contribution in [0.2, 0.25) is 0 Å². The van der Waals surface area contributed by atoms with Crippen LogP contribution in [-0.4, -0.2) is 4.98 Å². The first-order valence-electron chi connectivity index (χ1n) is 6.35. The van der Waals surface area contributed by atoms with Crippen molar-refractivity contribution >= 4 is 23.5 Å². The molecule has 0 fully saturated rings. The highest BCUT2D eigenvalue weighted by atomic mass is 32.1. The van der Waals surface area contributed by atoms with Crippen LogP contribution in [-0.2, 0) is 11.2 Å². The SMILES string of the molecule is Cc1cc2nc(C(C)(C)C)cc(CS)c2cc1C. The average Bonchev–Trinajstić information content (AvgIpc) is 2.28. The van der Waals surface area contributed by atoms with Gasteiger partial charge in [-0.05, 0) is 48.7 Å². The molecular weight excluding hydrogens is 238 g/mol. The summed E-state index contributed by atoms with van der Waals surface area (Å²) in [6, 6.07) is 6.62. The number of thiol groups is 1. The van der Waals surface area contributed by atoms with E-state index in [9.17, 15) is 0 Å². The molecule has 0 aliphatic heterocycles. The Labute approximate surface area is 115 Å². The molecular formula is C16H21NS. The smallest absolute Gasteiger partial charge is 0.0711 e. The van der Waals surface area contributed by atoms with Gasteiger partial charge in [0.1, 0.15) is 0 Å². The summed E-state index contributed by atoms with van der Waals surface area (Å²) in [4.78, 5) is 4.82. The molecule has 0 radical (unpaired) electrons. The van der Waals surface area contributed by atoms with Gasteiger partial charge in [0.05, 0.1) is 5.52 Å². The van der Waals surface area contributed by atoms with Gasteiger partial charge in [-0.1, -0.05) is 20.8 Å². The van der Waals surface area contributed by atoms with Gasteiger partial charge in [0.2, 0.25) is 0 Å². The maximum Gasteiger partial charge on any atom is 0.0711 e. The predicted octanol–water partition coefficient (Wildman–Crippen LogP) is 4.58. The molecule has 2 aromatic rings. The summed E-state index contributed by atoms with van der Waals surface area (Å²) in [7, 11) is 0. The van der Waals surface area contributed by atoms with Crippen molar-refractivity contribution in [3.8, 4) is 0 Å². The molecule has 0 saturated heterocycles. The van der Waals surface area contributed by atoms with Crippen molar-refractivity contribution in [1.82, 2.24) is 4.98 Å². The number of rotatable bonds is 1. The van der Waals surface area contributed by atoms with E-state index in [0.717, 1.165) is 17.0 Å². The van der Waals surface area contributed by atoms with E-state index < -0.39 is 0 Å². The summed E-state index contributed by atoms with van der Waals surface area (Å²) in [5.74, 6) is 0.755. The van der Waals surface area contributed by atoms with Crippen LogP contribution in [0.1, 0.15) is 43.2 Å². The second-order valence-electron chi connectivity index (χ2n) is 6.03. The standard InChI is InChI=1S/C16H21NS/c1-10-6-13-12(9-18)8-15(16(3,4)5)17-14(13)7-11(10)2/h6-8,18H,9H2,1-5H3. The molecule has 0 bridgehead atoms. The van der Waals surface area contributed by atoms with E-state index in [1.807, 2.05) is 0 Å². The molecule has 0 saturated carbocycles. The van der Waals surface area contributed by atoms with Crippen molar-refractivity contribution in [1.29, 1.82) is 0 Å². The van der Waals surface area contributed by atoms with Crippen molar-refractivity contribution < 1.29 is 0 Å². The molecule has 2 heteroatoms. The molecule has 1 aromatic heterocycles. The monoisotopic (exact) mass is 259 g/mol. The molecule has 96 valence electrons. The number of hydrogen-bond acceptors (Lipinski definition) is 2. The number of nitrogens with zero attached hydrogens (tertiary/aromatic N) is 1. The minimum absolute atomic E-state index is 0.0741. The summed E-state index contributed by atoms with van der Waals surface area (Å²) >= 11 is 4.46. The minimum atomic E-state index is 0.0741. The lowest BCUT2D eigenvalue weighted by Crippen LogP contribution is -2.14. The largest absolute Gasteiger partial charge is 0.252 e. The second-order valence-corrected chi connectivity index (χ2v) is 6.34. The average molecular weight is 259 g/mol. The lowest BCUT2D eigenvalue weighted by molar-refractivity contribution is 0.571. The van der Waals surface area contributed by atoms with Crippen LogP contribution in [0.4, 0.5) is 0 Å². The molecule has 18 heavy (non-hydrogen) atoms. The number of hydrogen-bond donors (Lipinski definition) is 1. The van der Waals surface area contributed by atoms with E-state index in [2.05, 4.69) is 65.4 Å². The van der Waals surface area contributed by atoms with Crippen molar-refractivity contribution in [2.75, 3.05) is 0 Å². The van der Waals surface area contributed by atoms with Crippen molar-refractivity contribution in [2.24, 2.45) is 0 Å². The summed E-state index contributed by atoms with van der Waals surface area (Å²) in [5.41, 5.74) is 6.19. The van der Waals surface area contributed by atoms with Gasteiger partial charge in [0, 0.05) is 22.2 Å². The normalized spacial score (nSPS) is 12.1. The Balaban J connectivity index is 2.80. The zero-order valence-corrected chi connectivity index (χ0v) is 12.7. The third kappa shape index (κ3) is 2.39. The Morgan fingerprint density at radius 2 is 1.67 bits per heavy atom. The molecule has 0 spiro atoms. The van der Waals surface area contributed by atoms with Crippen molar-refractivity contribution in [2.45, 2.75) is 45.8 Å². The second kappa shape index (κ2) is 4.58. The van der Waals surface area contributed by atoms with Gasteiger partial charge in [0.15, 0.2) is 0 Å². The molecule has 0 N–H and O–H groups in total. The first-order valence-corrected chi connectivity index (χ1v) is 6.98. The molecule has 1 nitrogen and oxygen atoms in total. The molecule has 0 aliphatic carbocycles. The topological polar surface area (TPSA) is 12.9 Å². The first-order chi connectivity index (χ1) is 8.32. The van der Waals surface area contributed by atoms with Crippen LogP contribution < -0.4 is 0 Å². The Morgan fingerprint density at radius 1 is 1.06 bits per heavy atom.